The number of alkyl carbamates (subject to hydrolysis) is 1. The van der Waals surface area contributed by atoms with Gasteiger partial charge in [-0.15, -0.1) is 0 Å². The second kappa shape index (κ2) is 13.0. The first-order chi connectivity index (χ1) is 17.7. The SMILES string of the molecule is CCc1ccc(C(C(=O)Nc2ccc(OC)cc2)N(C(=O)C(CS)NC(=O)OC(C)(C)C)C(C)(C)C)cc1. The number of hydrogen-bond donors (Lipinski definition) is 3. The van der Waals surface area contributed by atoms with E-state index >= 15 is 0 Å². The lowest BCUT2D eigenvalue weighted by Gasteiger charge is -2.43. The molecule has 0 aliphatic carbocycles. The average Bonchev–Trinajstić information content (AvgIpc) is 2.84. The van der Waals surface area contributed by atoms with E-state index in [1.54, 1.807) is 52.1 Å². The van der Waals surface area contributed by atoms with Gasteiger partial charge in [0.1, 0.15) is 23.4 Å². The summed E-state index contributed by atoms with van der Waals surface area (Å²) in [6.45, 7) is 12.8. The van der Waals surface area contributed by atoms with Gasteiger partial charge in [-0.05, 0) is 83.4 Å². The monoisotopic (exact) mass is 543 g/mol. The minimum absolute atomic E-state index is 0.0201. The quantitative estimate of drug-likeness (QED) is 0.369. The summed E-state index contributed by atoms with van der Waals surface area (Å²) in [7, 11) is 1.57. The summed E-state index contributed by atoms with van der Waals surface area (Å²) in [6, 6.07) is 12.6. The molecule has 0 aliphatic rings. The molecule has 0 saturated carbocycles. The van der Waals surface area contributed by atoms with Crippen molar-refractivity contribution in [2.75, 3.05) is 18.2 Å². The van der Waals surface area contributed by atoms with E-state index in [4.69, 9.17) is 9.47 Å². The van der Waals surface area contributed by atoms with Crippen LogP contribution in [0.3, 0.4) is 0 Å². The Balaban J connectivity index is 2.52. The predicted octanol–water partition coefficient (Wildman–Crippen LogP) is 5.39. The van der Waals surface area contributed by atoms with Gasteiger partial charge in [-0.25, -0.2) is 4.79 Å². The van der Waals surface area contributed by atoms with E-state index in [2.05, 4.69) is 23.3 Å². The van der Waals surface area contributed by atoms with Crippen molar-refractivity contribution in [3.8, 4) is 5.75 Å². The number of anilines is 1. The molecule has 0 radical (unpaired) electrons. The highest BCUT2D eigenvalue weighted by molar-refractivity contribution is 7.80. The van der Waals surface area contributed by atoms with E-state index in [1.807, 2.05) is 52.0 Å². The molecular weight excluding hydrogens is 502 g/mol. The summed E-state index contributed by atoms with van der Waals surface area (Å²) < 4.78 is 10.6. The van der Waals surface area contributed by atoms with Crippen LogP contribution in [0.4, 0.5) is 10.5 Å². The lowest BCUT2D eigenvalue weighted by Crippen LogP contribution is -2.58. The maximum absolute atomic E-state index is 14.0. The Morgan fingerprint density at radius 3 is 1.97 bits per heavy atom. The van der Waals surface area contributed by atoms with Crippen LogP contribution in [0, 0.1) is 0 Å². The Kier molecular flexibility index (Phi) is 10.6. The fraction of sp³-hybridized carbons (Fsp3) is 0.483. The molecule has 208 valence electrons. The van der Waals surface area contributed by atoms with Gasteiger partial charge in [-0.1, -0.05) is 31.2 Å². The van der Waals surface area contributed by atoms with Crippen LogP contribution in [0.25, 0.3) is 0 Å². The van der Waals surface area contributed by atoms with E-state index in [9.17, 15) is 14.4 Å². The smallest absolute Gasteiger partial charge is 0.408 e. The fourth-order valence-electron chi connectivity index (χ4n) is 3.89. The number of benzene rings is 2. The largest absolute Gasteiger partial charge is 0.497 e. The molecule has 0 fully saturated rings. The Morgan fingerprint density at radius 2 is 1.53 bits per heavy atom. The van der Waals surface area contributed by atoms with E-state index in [1.165, 1.54) is 4.90 Å². The first kappa shape index (κ1) is 31.0. The molecule has 0 aromatic heterocycles. The number of aryl methyl sites for hydroxylation is 1. The van der Waals surface area contributed by atoms with Crippen molar-refractivity contribution < 1.29 is 23.9 Å². The van der Waals surface area contributed by atoms with Crippen LogP contribution in [0.2, 0.25) is 0 Å². The molecule has 2 atom stereocenters. The summed E-state index contributed by atoms with van der Waals surface area (Å²) in [5.74, 6) is -0.164. The molecule has 0 bridgehead atoms. The average molecular weight is 544 g/mol. The molecule has 0 saturated heterocycles. The molecule has 2 unspecified atom stereocenters. The zero-order valence-electron chi connectivity index (χ0n) is 23.6. The number of carbonyl (C=O) groups excluding carboxylic acids is 3. The number of thiol groups is 1. The lowest BCUT2D eigenvalue weighted by molar-refractivity contribution is -0.146. The first-order valence-corrected chi connectivity index (χ1v) is 13.3. The fourth-order valence-corrected chi connectivity index (χ4v) is 4.13. The number of carbonyl (C=O) groups is 3. The minimum Gasteiger partial charge on any atom is -0.497 e. The van der Waals surface area contributed by atoms with Crippen molar-refractivity contribution in [2.24, 2.45) is 0 Å². The van der Waals surface area contributed by atoms with Gasteiger partial charge in [0.05, 0.1) is 7.11 Å². The molecule has 0 heterocycles. The van der Waals surface area contributed by atoms with Gasteiger partial charge >= 0.3 is 6.09 Å². The van der Waals surface area contributed by atoms with E-state index in [-0.39, 0.29) is 5.75 Å². The molecule has 8 nitrogen and oxygen atoms in total. The van der Waals surface area contributed by atoms with Gasteiger partial charge in [-0.2, -0.15) is 12.6 Å². The number of ether oxygens (including phenoxy) is 2. The van der Waals surface area contributed by atoms with Crippen LogP contribution >= 0.6 is 12.6 Å². The van der Waals surface area contributed by atoms with Gasteiger partial charge in [0.15, 0.2) is 0 Å². The Labute approximate surface area is 231 Å². The van der Waals surface area contributed by atoms with Gasteiger partial charge in [0, 0.05) is 17.0 Å². The van der Waals surface area contributed by atoms with E-state index in [0.717, 1.165) is 12.0 Å². The summed E-state index contributed by atoms with van der Waals surface area (Å²) >= 11 is 4.33. The van der Waals surface area contributed by atoms with Gasteiger partial charge in [0.2, 0.25) is 5.91 Å². The maximum Gasteiger partial charge on any atom is 0.408 e. The summed E-state index contributed by atoms with van der Waals surface area (Å²) in [6.07, 6.45) is 0.109. The van der Waals surface area contributed by atoms with Crippen LogP contribution in [0.1, 0.15) is 65.6 Å². The van der Waals surface area contributed by atoms with Gasteiger partial charge < -0.3 is 25.0 Å². The number of methoxy groups -OCH3 is 1. The molecule has 3 amide bonds. The lowest BCUT2D eigenvalue weighted by atomic mass is 9.94. The van der Waals surface area contributed by atoms with E-state index < -0.39 is 41.1 Å². The van der Waals surface area contributed by atoms with Crippen molar-refractivity contribution in [1.29, 1.82) is 0 Å². The van der Waals surface area contributed by atoms with Gasteiger partial charge in [-0.3, -0.25) is 9.59 Å². The molecule has 9 heteroatoms. The first-order valence-electron chi connectivity index (χ1n) is 12.7. The van der Waals surface area contributed by atoms with Crippen molar-refractivity contribution >= 4 is 36.2 Å². The standard InChI is InChI=1S/C29H41N3O5S/c1-9-19-10-12-20(13-11-19)24(25(33)30-21-14-16-22(36-8)17-15-21)32(28(2,3)4)26(34)23(18-38)31-27(35)37-29(5,6)7/h10-17,23-24,38H,9,18H2,1-8H3,(H,30,33)(H,31,35). The number of hydrogen-bond acceptors (Lipinski definition) is 6. The highest BCUT2D eigenvalue weighted by Gasteiger charge is 2.41. The zero-order chi connectivity index (χ0) is 28.7. The predicted molar refractivity (Wildman–Crippen MR) is 154 cm³/mol. The Hall–Kier alpha value is -3.20. The van der Waals surface area contributed by atoms with Crippen LogP contribution < -0.4 is 15.4 Å². The number of rotatable bonds is 9. The topological polar surface area (TPSA) is 97.0 Å². The highest BCUT2D eigenvalue weighted by atomic mass is 32.1. The normalized spacial score (nSPS) is 13.2. The minimum atomic E-state index is -1.02. The highest BCUT2D eigenvalue weighted by Crippen LogP contribution is 2.31. The molecule has 2 rings (SSSR count). The Morgan fingerprint density at radius 1 is 0.947 bits per heavy atom. The number of amides is 3. The molecule has 2 aromatic rings. The van der Waals surface area contributed by atoms with Crippen LogP contribution in [-0.2, 0) is 20.7 Å². The third-order valence-electron chi connectivity index (χ3n) is 5.70. The molecular formula is C29H41N3O5S. The molecule has 2 N–H and O–H groups in total. The zero-order valence-corrected chi connectivity index (χ0v) is 24.5. The second-order valence-electron chi connectivity index (χ2n) is 11.0. The van der Waals surface area contributed by atoms with Crippen molar-refractivity contribution in [3.63, 3.8) is 0 Å². The maximum atomic E-state index is 14.0. The third kappa shape index (κ3) is 8.68. The van der Waals surface area contributed by atoms with Crippen LogP contribution in [-0.4, -0.2) is 52.9 Å². The second-order valence-corrected chi connectivity index (χ2v) is 11.3. The van der Waals surface area contributed by atoms with Gasteiger partial charge in [0.25, 0.3) is 5.91 Å². The number of nitrogens with one attached hydrogen (secondary N) is 2. The summed E-state index contributed by atoms with van der Waals surface area (Å²) in [4.78, 5) is 41.9. The third-order valence-corrected chi connectivity index (χ3v) is 6.06. The van der Waals surface area contributed by atoms with Crippen molar-refractivity contribution in [1.82, 2.24) is 10.2 Å². The number of nitrogens with zero attached hydrogens (tertiary/aromatic N) is 1. The Bertz CT molecular complexity index is 1090. The molecule has 38 heavy (non-hydrogen) atoms. The van der Waals surface area contributed by atoms with E-state index in [0.29, 0.717) is 17.0 Å². The van der Waals surface area contributed by atoms with Crippen LogP contribution in [0.15, 0.2) is 48.5 Å². The molecule has 2 aromatic carbocycles. The molecule has 0 spiro atoms. The summed E-state index contributed by atoms with van der Waals surface area (Å²) in [5, 5.41) is 5.56. The van der Waals surface area contributed by atoms with Crippen molar-refractivity contribution in [3.05, 3.63) is 59.7 Å². The van der Waals surface area contributed by atoms with Crippen molar-refractivity contribution in [2.45, 2.75) is 78.1 Å². The van der Waals surface area contributed by atoms with Crippen LogP contribution in [0.5, 0.6) is 5.75 Å². The summed E-state index contributed by atoms with van der Waals surface area (Å²) in [5.41, 5.74) is 0.784. The molecule has 0 aliphatic heterocycles.